The molecule has 2 aromatic carbocycles. The third-order valence-electron chi connectivity index (χ3n) is 4.30. The highest BCUT2D eigenvalue weighted by molar-refractivity contribution is 5.86. The normalized spacial score (nSPS) is 16.5. The molecule has 1 fully saturated rings. The molecule has 0 saturated carbocycles. The predicted octanol–water partition coefficient (Wildman–Crippen LogP) is 3.55. The maximum absolute atomic E-state index is 13.0. The van der Waals surface area contributed by atoms with Gasteiger partial charge < -0.3 is 15.0 Å². The highest BCUT2D eigenvalue weighted by atomic mass is 19.3. The van der Waals surface area contributed by atoms with E-state index in [4.69, 9.17) is 0 Å². The Hall–Kier alpha value is -3.30. The van der Waals surface area contributed by atoms with Crippen molar-refractivity contribution in [1.82, 2.24) is 4.90 Å². The van der Waals surface area contributed by atoms with Gasteiger partial charge in [0.1, 0.15) is 11.9 Å². The average Bonchev–Trinajstić information content (AvgIpc) is 2.96. The Morgan fingerprint density at radius 2 is 1.96 bits per heavy atom. The molecule has 7 nitrogen and oxygen atoms in total. The molecule has 28 heavy (non-hydrogen) atoms. The summed E-state index contributed by atoms with van der Waals surface area (Å²) in [5.74, 6) is -1.16. The number of nitrogens with one attached hydrogen (secondary N) is 1. The fourth-order valence-electron chi connectivity index (χ4n) is 2.99. The number of benzene rings is 2. The maximum Gasteiger partial charge on any atom is 0.387 e. The fraction of sp³-hybridized carbons (Fsp3) is 0.278. The van der Waals surface area contributed by atoms with Crippen molar-refractivity contribution in [2.75, 3.05) is 11.9 Å². The second-order valence-electron chi connectivity index (χ2n) is 6.19. The minimum absolute atomic E-state index is 0.209. The minimum atomic E-state index is -3.21. The zero-order valence-electron chi connectivity index (χ0n) is 14.5. The van der Waals surface area contributed by atoms with Gasteiger partial charge in [-0.15, -0.1) is 0 Å². The van der Waals surface area contributed by atoms with Crippen molar-refractivity contribution in [3.63, 3.8) is 0 Å². The quantitative estimate of drug-likeness (QED) is 0.573. The Kier molecular flexibility index (Phi) is 5.67. The molecule has 0 aromatic heterocycles. The lowest BCUT2D eigenvalue weighted by molar-refractivity contribution is -0.386. The van der Waals surface area contributed by atoms with Gasteiger partial charge in [-0.1, -0.05) is 12.1 Å². The standard InChI is InChI=1S/C18H16F3N3O4/c19-12-3-1-11(2-4-12)10-23-8-7-14(17(23)25)22-13-5-6-15(24(26)27)16(9-13)28-18(20)21/h1-6,9,14,18,22H,7-8,10H2. The van der Waals surface area contributed by atoms with E-state index in [1.807, 2.05) is 0 Å². The molecule has 0 aliphatic carbocycles. The zero-order valence-corrected chi connectivity index (χ0v) is 14.5. The number of halogens is 3. The number of carbonyl (C=O) groups excluding carboxylic acids is 1. The second kappa shape index (κ2) is 8.15. The van der Waals surface area contributed by atoms with E-state index in [2.05, 4.69) is 10.1 Å². The van der Waals surface area contributed by atoms with E-state index in [1.54, 1.807) is 17.0 Å². The molecular formula is C18H16F3N3O4. The highest BCUT2D eigenvalue weighted by Crippen LogP contribution is 2.32. The summed E-state index contributed by atoms with van der Waals surface area (Å²) in [4.78, 5) is 24.2. The number of hydrogen-bond donors (Lipinski definition) is 1. The molecule has 2 aromatic rings. The lowest BCUT2D eigenvalue weighted by Gasteiger charge is -2.18. The van der Waals surface area contributed by atoms with Gasteiger partial charge in [0.05, 0.1) is 4.92 Å². The van der Waals surface area contributed by atoms with Crippen molar-refractivity contribution in [3.05, 3.63) is 64.0 Å². The average molecular weight is 395 g/mol. The Bertz CT molecular complexity index is 877. The van der Waals surface area contributed by atoms with Crippen LogP contribution in [0.15, 0.2) is 42.5 Å². The van der Waals surface area contributed by atoms with Gasteiger partial charge in [0.2, 0.25) is 11.7 Å². The summed E-state index contributed by atoms with van der Waals surface area (Å²) in [5, 5.41) is 13.8. The van der Waals surface area contributed by atoms with E-state index in [-0.39, 0.29) is 17.4 Å². The number of nitro groups is 1. The number of alkyl halides is 2. The SMILES string of the molecule is O=C1C(Nc2ccc([N+](=O)[O-])c(OC(F)F)c2)CCN1Cc1ccc(F)cc1. The molecule has 3 rings (SSSR count). The molecule has 1 atom stereocenters. The van der Waals surface area contributed by atoms with E-state index in [1.165, 1.54) is 18.2 Å². The van der Waals surface area contributed by atoms with Crippen LogP contribution in [0.5, 0.6) is 5.75 Å². The Balaban J connectivity index is 1.69. The van der Waals surface area contributed by atoms with Crippen molar-refractivity contribution in [1.29, 1.82) is 0 Å². The number of amides is 1. The first kappa shape index (κ1) is 19.5. The number of likely N-dealkylation sites (tertiary alicyclic amines) is 1. The first-order valence-corrected chi connectivity index (χ1v) is 8.36. The smallest absolute Gasteiger partial charge is 0.387 e. The first-order valence-electron chi connectivity index (χ1n) is 8.36. The van der Waals surface area contributed by atoms with Crippen LogP contribution in [0.3, 0.4) is 0 Å². The summed E-state index contributed by atoms with van der Waals surface area (Å²) in [6, 6.07) is 8.63. The van der Waals surface area contributed by atoms with Crippen molar-refractivity contribution in [2.24, 2.45) is 0 Å². The van der Waals surface area contributed by atoms with Crippen LogP contribution in [0.1, 0.15) is 12.0 Å². The highest BCUT2D eigenvalue weighted by Gasteiger charge is 2.32. The number of nitrogens with zero attached hydrogens (tertiary/aromatic N) is 2. The van der Waals surface area contributed by atoms with Crippen LogP contribution in [0.2, 0.25) is 0 Å². The molecule has 1 N–H and O–H groups in total. The summed E-state index contributed by atoms with van der Waals surface area (Å²) in [7, 11) is 0. The Morgan fingerprint density at radius 1 is 1.25 bits per heavy atom. The van der Waals surface area contributed by atoms with Gasteiger partial charge in [-0.05, 0) is 30.2 Å². The van der Waals surface area contributed by atoms with Gasteiger partial charge in [0.15, 0.2) is 0 Å². The molecule has 0 bridgehead atoms. The largest absolute Gasteiger partial charge is 0.427 e. The number of anilines is 1. The van der Waals surface area contributed by atoms with E-state index < -0.39 is 29.0 Å². The summed E-state index contributed by atoms with van der Waals surface area (Å²) in [6.07, 6.45) is 0.460. The molecule has 1 aliphatic rings. The minimum Gasteiger partial charge on any atom is -0.427 e. The Morgan fingerprint density at radius 3 is 2.61 bits per heavy atom. The topological polar surface area (TPSA) is 84.7 Å². The van der Waals surface area contributed by atoms with Crippen LogP contribution in [-0.2, 0) is 11.3 Å². The molecular weight excluding hydrogens is 379 g/mol. The van der Waals surface area contributed by atoms with Gasteiger partial charge in [-0.3, -0.25) is 14.9 Å². The number of hydrogen-bond acceptors (Lipinski definition) is 5. The van der Waals surface area contributed by atoms with Crippen LogP contribution in [0, 0.1) is 15.9 Å². The molecule has 1 saturated heterocycles. The number of nitro benzene ring substituents is 1. The van der Waals surface area contributed by atoms with E-state index in [0.29, 0.717) is 19.5 Å². The van der Waals surface area contributed by atoms with Crippen molar-refractivity contribution < 1.29 is 27.6 Å². The molecule has 1 heterocycles. The third kappa shape index (κ3) is 4.51. The van der Waals surface area contributed by atoms with Gasteiger partial charge in [-0.2, -0.15) is 8.78 Å². The molecule has 148 valence electrons. The van der Waals surface area contributed by atoms with Gasteiger partial charge in [-0.25, -0.2) is 4.39 Å². The van der Waals surface area contributed by atoms with Crippen LogP contribution in [-0.4, -0.2) is 34.9 Å². The lowest BCUT2D eigenvalue weighted by Crippen LogP contribution is -2.33. The van der Waals surface area contributed by atoms with Crippen molar-refractivity contribution >= 4 is 17.3 Å². The molecule has 0 spiro atoms. The molecule has 1 amide bonds. The van der Waals surface area contributed by atoms with Crippen LogP contribution in [0.25, 0.3) is 0 Å². The van der Waals surface area contributed by atoms with Gasteiger partial charge in [0.25, 0.3) is 0 Å². The Labute approximate surface area is 157 Å². The van der Waals surface area contributed by atoms with Crippen molar-refractivity contribution in [2.45, 2.75) is 25.6 Å². The van der Waals surface area contributed by atoms with E-state index in [0.717, 1.165) is 17.7 Å². The summed E-state index contributed by atoms with van der Waals surface area (Å²) in [6.45, 7) is -2.44. The number of rotatable bonds is 7. The second-order valence-corrected chi connectivity index (χ2v) is 6.19. The lowest BCUT2D eigenvalue weighted by atomic mass is 10.2. The van der Waals surface area contributed by atoms with Crippen LogP contribution >= 0.6 is 0 Å². The zero-order chi connectivity index (χ0) is 20.3. The molecule has 0 radical (unpaired) electrons. The third-order valence-corrected chi connectivity index (χ3v) is 4.30. The van der Waals surface area contributed by atoms with Crippen LogP contribution < -0.4 is 10.1 Å². The summed E-state index contributed by atoms with van der Waals surface area (Å²) >= 11 is 0. The van der Waals surface area contributed by atoms with E-state index in [9.17, 15) is 28.1 Å². The summed E-state index contributed by atoms with van der Waals surface area (Å²) < 4.78 is 42.2. The molecule has 1 unspecified atom stereocenters. The van der Waals surface area contributed by atoms with Crippen molar-refractivity contribution in [3.8, 4) is 5.75 Å². The van der Waals surface area contributed by atoms with Gasteiger partial charge >= 0.3 is 12.3 Å². The molecule has 10 heteroatoms. The molecule has 1 aliphatic heterocycles. The summed E-state index contributed by atoms with van der Waals surface area (Å²) in [5.41, 5.74) is 0.433. The maximum atomic E-state index is 13.0. The number of carbonyl (C=O) groups is 1. The fourth-order valence-corrected chi connectivity index (χ4v) is 2.99. The monoisotopic (exact) mass is 395 g/mol. The number of ether oxygens (including phenoxy) is 1. The first-order chi connectivity index (χ1) is 13.3. The van der Waals surface area contributed by atoms with Gasteiger partial charge in [0, 0.05) is 30.9 Å². The van der Waals surface area contributed by atoms with Crippen LogP contribution in [0.4, 0.5) is 24.5 Å². The predicted molar refractivity (Wildman–Crippen MR) is 93.6 cm³/mol. The van der Waals surface area contributed by atoms with E-state index >= 15 is 0 Å².